The lowest BCUT2D eigenvalue weighted by Crippen LogP contribution is -2.37. The molecule has 1 aromatic carbocycles. The van der Waals surface area contributed by atoms with Gasteiger partial charge in [0.05, 0.1) is 0 Å². The number of fused-ring (bicyclic) bond motifs is 1. The summed E-state index contributed by atoms with van der Waals surface area (Å²) in [5.74, 6) is 0.953. The van der Waals surface area contributed by atoms with Gasteiger partial charge in [0, 0.05) is 6.04 Å². The van der Waals surface area contributed by atoms with Crippen LogP contribution in [-0.2, 0) is 12.8 Å². The van der Waals surface area contributed by atoms with Gasteiger partial charge in [0.2, 0.25) is 0 Å². The molecule has 110 valence electrons. The highest BCUT2D eigenvalue weighted by molar-refractivity contribution is 5.30. The van der Waals surface area contributed by atoms with Gasteiger partial charge in [-0.2, -0.15) is 0 Å². The Balaban J connectivity index is 1.40. The van der Waals surface area contributed by atoms with Crippen molar-refractivity contribution >= 4 is 0 Å². The van der Waals surface area contributed by atoms with Crippen LogP contribution in [0.1, 0.15) is 36.8 Å². The minimum Gasteiger partial charge on any atom is -0.314 e. The van der Waals surface area contributed by atoms with E-state index in [9.17, 15) is 0 Å². The quantitative estimate of drug-likeness (QED) is 0.906. The van der Waals surface area contributed by atoms with Crippen LogP contribution in [-0.4, -0.2) is 37.6 Å². The SMILES string of the molecule is CN1CCC(CCNC2CCc3ccccc3C2)CC1. The minimum atomic E-state index is 0.705. The van der Waals surface area contributed by atoms with Crippen LogP contribution in [0.15, 0.2) is 24.3 Å². The van der Waals surface area contributed by atoms with E-state index in [0.717, 1.165) is 5.92 Å². The molecule has 3 rings (SSSR count). The number of likely N-dealkylation sites (tertiary alicyclic amines) is 1. The molecular weight excluding hydrogens is 244 g/mol. The fourth-order valence-corrected chi connectivity index (χ4v) is 3.71. The third-order valence-corrected chi connectivity index (χ3v) is 5.17. The van der Waals surface area contributed by atoms with Crippen LogP contribution in [0.2, 0.25) is 0 Å². The maximum atomic E-state index is 3.81. The third kappa shape index (κ3) is 3.62. The second-order valence-corrected chi connectivity index (χ2v) is 6.70. The van der Waals surface area contributed by atoms with E-state index in [4.69, 9.17) is 0 Å². The molecule has 0 saturated carbocycles. The second-order valence-electron chi connectivity index (χ2n) is 6.70. The molecule has 1 saturated heterocycles. The van der Waals surface area contributed by atoms with Crippen molar-refractivity contribution in [3.63, 3.8) is 0 Å². The normalized spacial score (nSPS) is 24.6. The summed E-state index contributed by atoms with van der Waals surface area (Å²) in [4.78, 5) is 2.46. The maximum absolute atomic E-state index is 3.81. The van der Waals surface area contributed by atoms with Crippen LogP contribution in [0.4, 0.5) is 0 Å². The Labute approximate surface area is 123 Å². The average Bonchev–Trinajstić information content (AvgIpc) is 2.49. The lowest BCUT2D eigenvalue weighted by molar-refractivity contribution is 0.210. The molecule has 2 nitrogen and oxygen atoms in total. The molecule has 0 amide bonds. The van der Waals surface area contributed by atoms with E-state index in [2.05, 4.69) is 41.5 Å². The molecule has 0 aromatic heterocycles. The van der Waals surface area contributed by atoms with Gasteiger partial charge in [-0.3, -0.25) is 0 Å². The topological polar surface area (TPSA) is 15.3 Å². The number of piperidine rings is 1. The molecular formula is C18H28N2. The van der Waals surface area contributed by atoms with E-state index in [1.807, 2.05) is 0 Å². The van der Waals surface area contributed by atoms with E-state index < -0.39 is 0 Å². The van der Waals surface area contributed by atoms with Gasteiger partial charge in [-0.05, 0) is 82.3 Å². The van der Waals surface area contributed by atoms with E-state index in [0.29, 0.717) is 6.04 Å². The maximum Gasteiger partial charge on any atom is 0.0111 e. The molecule has 0 bridgehead atoms. The predicted molar refractivity (Wildman–Crippen MR) is 85.1 cm³/mol. The highest BCUT2D eigenvalue weighted by Crippen LogP contribution is 2.22. The summed E-state index contributed by atoms with van der Waals surface area (Å²) >= 11 is 0. The zero-order chi connectivity index (χ0) is 13.8. The Morgan fingerprint density at radius 1 is 1.10 bits per heavy atom. The molecule has 1 fully saturated rings. The van der Waals surface area contributed by atoms with Crippen LogP contribution < -0.4 is 5.32 Å². The van der Waals surface area contributed by atoms with E-state index >= 15 is 0 Å². The first kappa shape index (κ1) is 14.1. The summed E-state index contributed by atoms with van der Waals surface area (Å²) in [6.07, 6.45) is 7.94. The van der Waals surface area contributed by atoms with Crippen LogP contribution >= 0.6 is 0 Å². The zero-order valence-electron chi connectivity index (χ0n) is 12.8. The standard InChI is InChI=1S/C18H28N2/c1-20-12-9-15(10-13-20)8-11-19-18-7-6-16-4-2-3-5-17(16)14-18/h2-5,15,18-19H,6-14H2,1H3. The molecule has 1 aliphatic heterocycles. The second kappa shape index (κ2) is 6.73. The third-order valence-electron chi connectivity index (χ3n) is 5.17. The molecule has 0 spiro atoms. The Kier molecular flexibility index (Phi) is 4.74. The fraction of sp³-hybridized carbons (Fsp3) is 0.667. The van der Waals surface area contributed by atoms with Gasteiger partial charge < -0.3 is 10.2 Å². The van der Waals surface area contributed by atoms with Crippen LogP contribution in [0.5, 0.6) is 0 Å². The number of rotatable bonds is 4. The molecule has 1 aliphatic carbocycles. The summed E-state index contributed by atoms with van der Waals surface area (Å²) in [5.41, 5.74) is 3.14. The van der Waals surface area contributed by atoms with Crippen LogP contribution in [0.3, 0.4) is 0 Å². The molecule has 1 atom stereocenters. The molecule has 20 heavy (non-hydrogen) atoms. The molecule has 1 aromatic rings. The van der Waals surface area contributed by atoms with Crippen molar-refractivity contribution in [3.05, 3.63) is 35.4 Å². The number of nitrogens with zero attached hydrogens (tertiary/aromatic N) is 1. The van der Waals surface area contributed by atoms with Gasteiger partial charge in [-0.25, -0.2) is 0 Å². The predicted octanol–water partition coefficient (Wildman–Crippen LogP) is 2.87. The van der Waals surface area contributed by atoms with Gasteiger partial charge in [0.25, 0.3) is 0 Å². The Bertz CT molecular complexity index is 421. The first-order chi connectivity index (χ1) is 9.81. The lowest BCUT2D eigenvalue weighted by Gasteiger charge is -2.30. The van der Waals surface area contributed by atoms with Crippen molar-refractivity contribution in [2.75, 3.05) is 26.7 Å². The van der Waals surface area contributed by atoms with E-state index in [-0.39, 0.29) is 0 Å². The largest absolute Gasteiger partial charge is 0.314 e. The van der Waals surface area contributed by atoms with Gasteiger partial charge in [-0.1, -0.05) is 24.3 Å². The minimum absolute atomic E-state index is 0.705. The highest BCUT2D eigenvalue weighted by Gasteiger charge is 2.19. The van der Waals surface area contributed by atoms with Crippen molar-refractivity contribution in [2.24, 2.45) is 5.92 Å². The number of benzene rings is 1. The summed E-state index contributed by atoms with van der Waals surface area (Å²) in [7, 11) is 2.24. The number of hydrogen-bond acceptors (Lipinski definition) is 2. The molecule has 1 N–H and O–H groups in total. The molecule has 0 radical (unpaired) electrons. The Morgan fingerprint density at radius 2 is 1.85 bits per heavy atom. The fourth-order valence-electron chi connectivity index (χ4n) is 3.71. The van der Waals surface area contributed by atoms with Crippen molar-refractivity contribution in [3.8, 4) is 0 Å². The van der Waals surface area contributed by atoms with Crippen LogP contribution in [0.25, 0.3) is 0 Å². The van der Waals surface area contributed by atoms with Crippen molar-refractivity contribution < 1.29 is 0 Å². The van der Waals surface area contributed by atoms with Gasteiger partial charge in [0.1, 0.15) is 0 Å². The van der Waals surface area contributed by atoms with Gasteiger partial charge >= 0.3 is 0 Å². The number of hydrogen-bond donors (Lipinski definition) is 1. The summed E-state index contributed by atoms with van der Waals surface area (Å²) in [5, 5.41) is 3.81. The summed E-state index contributed by atoms with van der Waals surface area (Å²) in [6, 6.07) is 9.66. The monoisotopic (exact) mass is 272 g/mol. The molecule has 1 heterocycles. The molecule has 2 heteroatoms. The molecule has 2 aliphatic rings. The van der Waals surface area contributed by atoms with Crippen molar-refractivity contribution in [2.45, 2.75) is 44.6 Å². The number of aryl methyl sites for hydroxylation is 1. The van der Waals surface area contributed by atoms with Crippen molar-refractivity contribution in [1.82, 2.24) is 10.2 Å². The Morgan fingerprint density at radius 3 is 2.65 bits per heavy atom. The first-order valence-corrected chi connectivity index (χ1v) is 8.30. The summed E-state index contributed by atoms with van der Waals surface area (Å²) < 4.78 is 0. The smallest absolute Gasteiger partial charge is 0.0111 e. The van der Waals surface area contributed by atoms with Crippen molar-refractivity contribution in [1.29, 1.82) is 0 Å². The van der Waals surface area contributed by atoms with Gasteiger partial charge in [0.15, 0.2) is 0 Å². The van der Waals surface area contributed by atoms with Crippen LogP contribution in [0, 0.1) is 5.92 Å². The molecule has 1 unspecified atom stereocenters. The first-order valence-electron chi connectivity index (χ1n) is 8.30. The van der Waals surface area contributed by atoms with E-state index in [1.165, 1.54) is 58.2 Å². The summed E-state index contributed by atoms with van der Waals surface area (Å²) in [6.45, 7) is 3.80. The zero-order valence-corrected chi connectivity index (χ0v) is 12.8. The van der Waals surface area contributed by atoms with Gasteiger partial charge in [-0.15, -0.1) is 0 Å². The Hall–Kier alpha value is -0.860. The number of nitrogens with one attached hydrogen (secondary N) is 1. The lowest BCUT2D eigenvalue weighted by atomic mass is 9.88. The van der Waals surface area contributed by atoms with E-state index in [1.54, 1.807) is 11.1 Å². The highest BCUT2D eigenvalue weighted by atomic mass is 15.1. The average molecular weight is 272 g/mol.